The first kappa shape index (κ1) is 12.2. The third-order valence-corrected chi connectivity index (χ3v) is 2.26. The second-order valence-corrected chi connectivity index (χ2v) is 3.20. The molecule has 0 fully saturated rings. The standard InChI is InChI=1S/C12H14O4/c1-15-11(13)9-7-5-3-4-6-8-10(9)12(14)16-2/h3-6H,7-8H2,1-2H3/b5-3-,6-4-,10-9-. The highest BCUT2D eigenvalue weighted by Crippen LogP contribution is 2.19. The monoisotopic (exact) mass is 222 g/mol. The van der Waals surface area contributed by atoms with Gasteiger partial charge in [0.2, 0.25) is 0 Å². The number of carbonyl (C=O) groups excluding carboxylic acids is 2. The summed E-state index contributed by atoms with van der Waals surface area (Å²) in [6, 6.07) is 0. The van der Waals surface area contributed by atoms with E-state index >= 15 is 0 Å². The lowest BCUT2D eigenvalue weighted by Crippen LogP contribution is -2.14. The molecule has 0 bridgehead atoms. The predicted molar refractivity (Wildman–Crippen MR) is 58.6 cm³/mol. The molecule has 4 nitrogen and oxygen atoms in total. The van der Waals surface area contributed by atoms with Gasteiger partial charge in [0, 0.05) is 0 Å². The van der Waals surface area contributed by atoms with Crippen LogP contribution >= 0.6 is 0 Å². The van der Waals surface area contributed by atoms with Crippen LogP contribution in [0.1, 0.15) is 12.8 Å². The van der Waals surface area contributed by atoms with Crippen LogP contribution in [0.3, 0.4) is 0 Å². The number of allylic oxidation sites excluding steroid dienone is 4. The van der Waals surface area contributed by atoms with Gasteiger partial charge in [-0.2, -0.15) is 0 Å². The molecule has 0 saturated carbocycles. The molecule has 0 aromatic heterocycles. The van der Waals surface area contributed by atoms with Crippen molar-refractivity contribution in [3.05, 3.63) is 35.5 Å². The van der Waals surface area contributed by atoms with E-state index in [0.29, 0.717) is 24.0 Å². The minimum atomic E-state index is -0.486. The molecule has 0 unspecified atom stereocenters. The van der Waals surface area contributed by atoms with Gasteiger partial charge in [-0.1, -0.05) is 24.3 Å². The van der Waals surface area contributed by atoms with Gasteiger partial charge in [0.1, 0.15) is 0 Å². The Morgan fingerprint density at radius 3 is 1.62 bits per heavy atom. The van der Waals surface area contributed by atoms with Gasteiger partial charge in [-0.15, -0.1) is 0 Å². The molecule has 0 N–H and O–H groups in total. The van der Waals surface area contributed by atoms with Gasteiger partial charge < -0.3 is 9.47 Å². The molecular formula is C12H14O4. The molecule has 0 amide bonds. The van der Waals surface area contributed by atoms with Gasteiger partial charge in [-0.3, -0.25) is 0 Å². The van der Waals surface area contributed by atoms with Crippen molar-refractivity contribution in [3.63, 3.8) is 0 Å². The van der Waals surface area contributed by atoms with E-state index in [9.17, 15) is 9.59 Å². The molecule has 1 rings (SSSR count). The second-order valence-electron chi connectivity index (χ2n) is 3.20. The zero-order valence-electron chi connectivity index (χ0n) is 9.36. The number of rotatable bonds is 2. The van der Waals surface area contributed by atoms with Crippen LogP contribution in [0, 0.1) is 0 Å². The molecule has 0 aromatic rings. The van der Waals surface area contributed by atoms with Crippen molar-refractivity contribution in [1.82, 2.24) is 0 Å². The Hall–Kier alpha value is -1.84. The third kappa shape index (κ3) is 2.82. The van der Waals surface area contributed by atoms with Crippen LogP contribution in [-0.2, 0) is 19.1 Å². The van der Waals surface area contributed by atoms with Crippen molar-refractivity contribution < 1.29 is 19.1 Å². The quantitative estimate of drug-likeness (QED) is 0.665. The maximum atomic E-state index is 11.5. The number of carbonyl (C=O) groups is 2. The summed E-state index contributed by atoms with van der Waals surface area (Å²) < 4.78 is 9.30. The Labute approximate surface area is 94.2 Å². The number of esters is 2. The molecule has 0 heterocycles. The zero-order valence-corrected chi connectivity index (χ0v) is 9.36. The van der Waals surface area contributed by atoms with Gasteiger partial charge in [0.25, 0.3) is 0 Å². The lowest BCUT2D eigenvalue weighted by atomic mass is 10.00. The first-order valence-corrected chi connectivity index (χ1v) is 4.91. The highest BCUT2D eigenvalue weighted by atomic mass is 16.5. The summed E-state index contributed by atoms with van der Waals surface area (Å²) in [6.45, 7) is 0. The summed E-state index contributed by atoms with van der Waals surface area (Å²) >= 11 is 0. The van der Waals surface area contributed by atoms with Crippen LogP contribution in [0.2, 0.25) is 0 Å². The molecular weight excluding hydrogens is 208 g/mol. The van der Waals surface area contributed by atoms with Crippen molar-refractivity contribution in [1.29, 1.82) is 0 Å². The van der Waals surface area contributed by atoms with Gasteiger partial charge in [0.15, 0.2) is 0 Å². The van der Waals surface area contributed by atoms with E-state index in [4.69, 9.17) is 0 Å². The van der Waals surface area contributed by atoms with Crippen LogP contribution in [0.4, 0.5) is 0 Å². The molecule has 0 atom stereocenters. The number of methoxy groups -OCH3 is 2. The number of hydrogen-bond acceptors (Lipinski definition) is 4. The Morgan fingerprint density at radius 1 is 0.938 bits per heavy atom. The van der Waals surface area contributed by atoms with Crippen LogP contribution in [0.25, 0.3) is 0 Å². The van der Waals surface area contributed by atoms with Crippen LogP contribution in [-0.4, -0.2) is 26.2 Å². The van der Waals surface area contributed by atoms with Crippen molar-refractivity contribution in [2.45, 2.75) is 12.8 Å². The van der Waals surface area contributed by atoms with Crippen LogP contribution in [0.5, 0.6) is 0 Å². The largest absolute Gasteiger partial charge is 0.466 e. The maximum absolute atomic E-state index is 11.5. The van der Waals surface area contributed by atoms with E-state index in [0.717, 1.165) is 0 Å². The molecule has 4 heteroatoms. The van der Waals surface area contributed by atoms with Crippen molar-refractivity contribution in [2.24, 2.45) is 0 Å². The fourth-order valence-corrected chi connectivity index (χ4v) is 1.43. The van der Waals surface area contributed by atoms with E-state index in [1.54, 1.807) is 12.2 Å². The van der Waals surface area contributed by atoms with Gasteiger partial charge >= 0.3 is 11.9 Å². The van der Waals surface area contributed by atoms with Crippen LogP contribution in [0.15, 0.2) is 35.5 Å². The van der Waals surface area contributed by atoms with Crippen molar-refractivity contribution in [2.75, 3.05) is 14.2 Å². The summed E-state index contributed by atoms with van der Waals surface area (Å²) in [7, 11) is 2.59. The minimum absolute atomic E-state index is 0.356. The molecule has 1 aliphatic rings. The van der Waals surface area contributed by atoms with E-state index in [1.807, 2.05) is 12.2 Å². The molecule has 86 valence electrons. The smallest absolute Gasteiger partial charge is 0.334 e. The highest BCUT2D eigenvalue weighted by Gasteiger charge is 2.20. The number of hydrogen-bond donors (Lipinski definition) is 0. The predicted octanol–water partition coefficient (Wildman–Crippen LogP) is 1.54. The van der Waals surface area contributed by atoms with Gasteiger partial charge in [-0.25, -0.2) is 9.59 Å². The summed E-state index contributed by atoms with van der Waals surface area (Å²) in [5, 5.41) is 0. The first-order valence-electron chi connectivity index (χ1n) is 4.91. The highest BCUT2D eigenvalue weighted by molar-refractivity contribution is 6.00. The molecule has 0 aliphatic heterocycles. The van der Waals surface area contributed by atoms with E-state index < -0.39 is 11.9 Å². The maximum Gasteiger partial charge on any atom is 0.334 e. The molecule has 0 saturated heterocycles. The summed E-state index contributed by atoms with van der Waals surface area (Å²) in [5.41, 5.74) is 0.713. The summed E-state index contributed by atoms with van der Waals surface area (Å²) in [5.74, 6) is -0.972. The van der Waals surface area contributed by atoms with E-state index in [-0.39, 0.29) is 0 Å². The average molecular weight is 222 g/mol. The second kappa shape index (κ2) is 5.90. The Morgan fingerprint density at radius 2 is 1.31 bits per heavy atom. The normalized spacial score (nSPS) is 23.9. The third-order valence-electron chi connectivity index (χ3n) is 2.26. The van der Waals surface area contributed by atoms with Crippen LogP contribution < -0.4 is 0 Å². The fraction of sp³-hybridized carbons (Fsp3) is 0.333. The molecule has 16 heavy (non-hydrogen) atoms. The molecule has 0 radical (unpaired) electrons. The Bertz CT molecular complexity index is 338. The summed E-state index contributed by atoms with van der Waals surface area (Å²) in [4.78, 5) is 23.0. The number of ether oxygens (including phenoxy) is 2. The zero-order chi connectivity index (χ0) is 12.0. The lowest BCUT2D eigenvalue weighted by molar-refractivity contribution is -0.139. The van der Waals surface area contributed by atoms with Crippen molar-refractivity contribution in [3.8, 4) is 0 Å². The lowest BCUT2D eigenvalue weighted by Gasteiger charge is -2.10. The van der Waals surface area contributed by atoms with E-state index in [1.165, 1.54) is 14.2 Å². The van der Waals surface area contributed by atoms with Crippen molar-refractivity contribution >= 4 is 11.9 Å². The topological polar surface area (TPSA) is 52.6 Å². The Kier molecular flexibility index (Phi) is 4.51. The first-order chi connectivity index (χ1) is 7.70. The van der Waals surface area contributed by atoms with E-state index in [2.05, 4.69) is 9.47 Å². The molecule has 1 aliphatic carbocycles. The fourth-order valence-electron chi connectivity index (χ4n) is 1.43. The minimum Gasteiger partial charge on any atom is -0.466 e. The molecule has 0 spiro atoms. The Balaban J connectivity index is 3.13. The molecule has 0 aromatic carbocycles. The average Bonchev–Trinajstić information content (AvgIpc) is 2.27. The summed E-state index contributed by atoms with van der Waals surface area (Å²) in [6.07, 6.45) is 8.01. The van der Waals surface area contributed by atoms with Gasteiger partial charge in [-0.05, 0) is 12.8 Å². The van der Waals surface area contributed by atoms with Gasteiger partial charge in [0.05, 0.1) is 25.4 Å². The SMILES string of the molecule is COC(=O)/C1=C(\C(=O)OC)C/C=C\C=C/C1.